The zero-order valence-electron chi connectivity index (χ0n) is 22.2. The molecule has 1 aliphatic rings. The van der Waals surface area contributed by atoms with Crippen molar-refractivity contribution in [2.24, 2.45) is 7.05 Å². The lowest BCUT2D eigenvalue weighted by molar-refractivity contribution is 0.0381. The molecule has 10 heteroatoms. The number of hydrogen-bond donors (Lipinski definition) is 3. The highest BCUT2D eigenvalue weighted by Crippen LogP contribution is 2.32. The lowest BCUT2D eigenvalue weighted by Gasteiger charge is -2.44. The van der Waals surface area contributed by atoms with Crippen molar-refractivity contribution in [2.45, 2.75) is 32.5 Å². The van der Waals surface area contributed by atoms with Crippen LogP contribution in [0.4, 0.5) is 0 Å². The number of aromatic amines is 1. The van der Waals surface area contributed by atoms with Crippen LogP contribution in [0, 0.1) is 0 Å². The monoisotopic (exact) mass is 572 g/mol. The summed E-state index contributed by atoms with van der Waals surface area (Å²) in [5.41, 5.74) is 3.77. The molecule has 2 aromatic carbocycles. The third kappa shape index (κ3) is 5.84. The van der Waals surface area contributed by atoms with Crippen molar-refractivity contribution >= 4 is 41.7 Å². The zero-order chi connectivity index (χ0) is 26.3. The first kappa shape index (κ1) is 30.2. The van der Waals surface area contributed by atoms with E-state index in [-0.39, 0.29) is 24.8 Å². The number of H-pyrrole nitrogens is 1. The average Bonchev–Trinajstić information content (AvgIpc) is 3.15. The summed E-state index contributed by atoms with van der Waals surface area (Å²) in [5, 5.41) is 20.9. The number of aromatic hydroxyl groups is 1. The number of aromatic nitrogens is 2. The van der Waals surface area contributed by atoms with Crippen molar-refractivity contribution in [3.8, 4) is 17.0 Å². The topological polar surface area (TPSA) is 102 Å². The molecule has 5 rings (SSSR count). The largest absolute Gasteiger partial charge is 0.506 e. The summed E-state index contributed by atoms with van der Waals surface area (Å²) in [7, 11) is 4.24. The molecule has 0 bridgehead atoms. The smallest absolute Gasteiger partial charge is 0.345 e. The lowest BCUT2D eigenvalue weighted by Crippen LogP contribution is -2.57. The van der Waals surface area contributed by atoms with Gasteiger partial charge in [-0.05, 0) is 42.8 Å². The minimum Gasteiger partial charge on any atom is -0.506 e. The summed E-state index contributed by atoms with van der Waals surface area (Å²) in [5.74, 6) is -1.91. The van der Waals surface area contributed by atoms with Gasteiger partial charge in [-0.25, -0.2) is 4.79 Å². The van der Waals surface area contributed by atoms with Crippen LogP contribution in [0.2, 0.25) is 0 Å². The van der Waals surface area contributed by atoms with E-state index in [9.17, 15) is 19.8 Å². The number of carboxylic acid groups (broad SMARTS) is 1. The summed E-state index contributed by atoms with van der Waals surface area (Å²) < 4.78 is 2.19. The van der Waals surface area contributed by atoms with Gasteiger partial charge in [-0.1, -0.05) is 43.3 Å². The Morgan fingerprint density at radius 3 is 2.44 bits per heavy atom. The van der Waals surface area contributed by atoms with Gasteiger partial charge < -0.3 is 19.8 Å². The molecule has 1 saturated heterocycles. The van der Waals surface area contributed by atoms with Crippen LogP contribution in [0.3, 0.4) is 0 Å². The van der Waals surface area contributed by atoms with Crippen molar-refractivity contribution in [2.75, 3.05) is 20.1 Å². The number of halogens is 2. The molecule has 3 N–H and O–H groups in total. The van der Waals surface area contributed by atoms with Gasteiger partial charge in [0.2, 0.25) is 0 Å². The summed E-state index contributed by atoms with van der Waals surface area (Å²) >= 11 is 0. The van der Waals surface area contributed by atoms with E-state index in [1.807, 2.05) is 31.2 Å². The highest BCUT2D eigenvalue weighted by molar-refractivity contribution is 5.92. The molecule has 39 heavy (non-hydrogen) atoms. The number of likely N-dealkylation sites (tertiary alicyclic amines) is 1. The maximum Gasteiger partial charge on any atom is 0.345 e. The first-order valence-electron chi connectivity index (χ1n) is 12.5. The number of carbonyl (C=O) groups is 1. The van der Waals surface area contributed by atoms with Crippen LogP contribution >= 0.6 is 24.8 Å². The minimum atomic E-state index is -1.44. The van der Waals surface area contributed by atoms with Crippen molar-refractivity contribution in [3.63, 3.8) is 0 Å². The van der Waals surface area contributed by atoms with Crippen LogP contribution in [-0.2, 0) is 26.6 Å². The first-order valence-corrected chi connectivity index (χ1v) is 12.5. The van der Waals surface area contributed by atoms with E-state index in [2.05, 4.69) is 63.8 Å². The second-order valence-electron chi connectivity index (χ2n) is 9.91. The predicted molar refractivity (Wildman–Crippen MR) is 158 cm³/mol. The Hall–Kier alpha value is -3.30. The van der Waals surface area contributed by atoms with Gasteiger partial charge in [0, 0.05) is 61.4 Å². The molecule has 208 valence electrons. The van der Waals surface area contributed by atoms with Crippen LogP contribution in [0.5, 0.6) is 5.75 Å². The highest BCUT2D eigenvalue weighted by atomic mass is 35.5. The number of benzene rings is 2. The molecule has 0 atom stereocenters. The molecule has 3 heterocycles. The van der Waals surface area contributed by atoms with Crippen LogP contribution < -0.4 is 5.56 Å². The fourth-order valence-electron chi connectivity index (χ4n) is 5.31. The molecule has 0 amide bonds. The quantitative estimate of drug-likeness (QED) is 0.284. The van der Waals surface area contributed by atoms with Gasteiger partial charge in [0.05, 0.1) is 5.69 Å². The van der Waals surface area contributed by atoms with Crippen molar-refractivity contribution in [1.29, 1.82) is 0 Å². The zero-order valence-corrected chi connectivity index (χ0v) is 23.8. The van der Waals surface area contributed by atoms with Gasteiger partial charge in [0.1, 0.15) is 5.75 Å². The molecule has 8 nitrogen and oxygen atoms in total. The van der Waals surface area contributed by atoms with Crippen molar-refractivity contribution in [1.82, 2.24) is 19.4 Å². The molecule has 0 radical (unpaired) electrons. The number of fused-ring (bicyclic) bond motifs is 1. The Kier molecular flexibility index (Phi) is 9.51. The minimum absolute atomic E-state index is 0. The Morgan fingerprint density at radius 2 is 1.79 bits per heavy atom. The van der Waals surface area contributed by atoms with Gasteiger partial charge in [0.25, 0.3) is 5.56 Å². The molecule has 0 spiro atoms. The highest BCUT2D eigenvalue weighted by Gasteiger charge is 2.30. The van der Waals surface area contributed by atoms with E-state index in [4.69, 9.17) is 0 Å². The van der Waals surface area contributed by atoms with E-state index < -0.39 is 22.8 Å². The molecular formula is C29H34Cl2N4O4. The second kappa shape index (κ2) is 12.3. The summed E-state index contributed by atoms with van der Waals surface area (Å²) in [6.45, 7) is 5.65. The van der Waals surface area contributed by atoms with Crippen molar-refractivity contribution < 1.29 is 15.0 Å². The number of hydrogen-bond acceptors (Lipinski definition) is 5. The Morgan fingerprint density at radius 1 is 1.10 bits per heavy atom. The maximum absolute atomic E-state index is 12.4. The molecule has 0 aliphatic carbocycles. The average molecular weight is 574 g/mol. The standard InChI is InChI=1S/C29H32N4O4.2ClH/c1-4-23-26(30-28(35)25(27(23)34)29(36)37)19-10-11-24-20(12-19)13-21(32(24)3)15-33-16-22(17-33)31(2)14-18-8-6-5-7-9-18;;/h5-13,22H,4,14-17H2,1-3H3,(H,36,37)(H2,30,34,35);2*1H. The Balaban J connectivity index is 0.00000210. The molecule has 1 fully saturated rings. The maximum atomic E-state index is 12.4. The summed E-state index contributed by atoms with van der Waals surface area (Å²) in [6.07, 6.45) is 0.380. The number of aromatic carboxylic acids is 1. The van der Waals surface area contributed by atoms with Gasteiger partial charge in [0.15, 0.2) is 5.56 Å². The molecule has 2 aromatic heterocycles. The number of likely N-dealkylation sites (N-methyl/N-ethyl adjacent to an activating group) is 1. The number of nitrogens with one attached hydrogen (secondary N) is 1. The van der Waals surface area contributed by atoms with Crippen LogP contribution in [0.15, 0.2) is 59.4 Å². The number of carboxylic acids is 1. The first-order chi connectivity index (χ1) is 17.8. The van der Waals surface area contributed by atoms with Crippen LogP contribution in [0.1, 0.15) is 34.1 Å². The van der Waals surface area contributed by atoms with Gasteiger partial charge in [-0.3, -0.25) is 14.6 Å². The van der Waals surface area contributed by atoms with Gasteiger partial charge >= 0.3 is 5.97 Å². The SMILES string of the molecule is CCc1c(-c2ccc3c(c2)cc(CN2CC(N(C)Cc4ccccc4)C2)n3C)[nH]c(=O)c(C(=O)O)c1O.Cl.Cl. The fourth-order valence-corrected chi connectivity index (χ4v) is 5.31. The number of aryl methyl sites for hydroxylation is 1. The normalized spacial score (nSPS) is 13.6. The van der Waals surface area contributed by atoms with E-state index in [1.165, 1.54) is 11.3 Å². The molecule has 0 saturated carbocycles. The van der Waals surface area contributed by atoms with E-state index in [1.54, 1.807) is 0 Å². The van der Waals surface area contributed by atoms with Crippen molar-refractivity contribution in [3.05, 3.63) is 87.3 Å². The molecular weight excluding hydrogens is 539 g/mol. The molecule has 0 unspecified atom stereocenters. The van der Waals surface area contributed by atoms with E-state index in [0.717, 1.165) is 42.6 Å². The predicted octanol–water partition coefficient (Wildman–Crippen LogP) is 4.66. The third-order valence-corrected chi connectivity index (χ3v) is 7.51. The summed E-state index contributed by atoms with van der Waals surface area (Å²) in [4.78, 5) is 31.4. The van der Waals surface area contributed by atoms with Crippen LogP contribution in [0.25, 0.3) is 22.2 Å². The number of pyridine rings is 1. The third-order valence-electron chi connectivity index (χ3n) is 7.51. The van der Waals surface area contributed by atoms with Crippen LogP contribution in [-0.4, -0.2) is 61.7 Å². The number of nitrogens with zero attached hydrogens (tertiary/aromatic N) is 3. The van der Waals surface area contributed by atoms with E-state index >= 15 is 0 Å². The fraction of sp³-hybridized carbons (Fsp3) is 0.310. The summed E-state index contributed by atoms with van der Waals surface area (Å²) in [6, 6.07) is 19.1. The van der Waals surface area contributed by atoms with Gasteiger partial charge in [-0.2, -0.15) is 0 Å². The molecule has 1 aliphatic heterocycles. The Bertz CT molecular complexity index is 1530. The second-order valence-corrected chi connectivity index (χ2v) is 9.91. The van der Waals surface area contributed by atoms with E-state index in [0.29, 0.717) is 23.7 Å². The molecule has 4 aromatic rings. The number of rotatable bonds is 8. The lowest BCUT2D eigenvalue weighted by atomic mass is 9.99. The van der Waals surface area contributed by atoms with Gasteiger partial charge in [-0.15, -0.1) is 24.8 Å². The Labute approximate surface area is 239 Å².